The van der Waals surface area contributed by atoms with Crippen LogP contribution in [0.2, 0.25) is 0 Å². The van der Waals surface area contributed by atoms with Crippen molar-refractivity contribution in [1.82, 2.24) is 0 Å². The zero-order chi connectivity index (χ0) is 19.3. The van der Waals surface area contributed by atoms with Gasteiger partial charge in [-0.15, -0.1) is 0 Å². The molecule has 25 heavy (non-hydrogen) atoms. The fourth-order valence-corrected chi connectivity index (χ4v) is 2.98. The molecule has 0 radical (unpaired) electrons. The average molecular weight is 369 g/mol. The Labute approximate surface area is 159 Å². The largest absolute Gasteiger partial charge is 0.486 e. The highest BCUT2D eigenvalue weighted by molar-refractivity contribution is 6.19. The van der Waals surface area contributed by atoms with Crippen LogP contribution in [0.25, 0.3) is 0 Å². The molecule has 0 amide bonds. The molecular weight excluding hydrogens is 332 g/mol. The molecule has 0 saturated carbocycles. The summed E-state index contributed by atoms with van der Waals surface area (Å²) in [4.78, 5) is 0. The van der Waals surface area contributed by atoms with Gasteiger partial charge in [0.15, 0.2) is 5.56 Å². The summed E-state index contributed by atoms with van der Waals surface area (Å²) in [6.07, 6.45) is 4.52. The Bertz CT molecular complexity index is 535. The minimum absolute atomic E-state index is 0.00172. The van der Waals surface area contributed by atoms with E-state index in [-0.39, 0.29) is 16.9 Å². The van der Waals surface area contributed by atoms with Crippen LogP contribution in [-0.2, 0) is 10.8 Å². The van der Waals surface area contributed by atoms with Crippen molar-refractivity contribution in [2.75, 3.05) is 0 Å². The molecule has 0 spiro atoms. The van der Waals surface area contributed by atoms with Gasteiger partial charge in [-0.1, -0.05) is 78.6 Å². The fourth-order valence-electron chi connectivity index (χ4n) is 2.80. The van der Waals surface area contributed by atoms with E-state index in [0.717, 1.165) is 37.9 Å². The molecule has 0 aliphatic rings. The molecule has 0 aliphatic heterocycles. The molecule has 3 heteroatoms. The number of hydrogen-bond acceptors (Lipinski definition) is 2. The topological polar surface area (TPSA) is 29.5 Å². The van der Waals surface area contributed by atoms with Crippen LogP contribution in [0.1, 0.15) is 91.7 Å². The van der Waals surface area contributed by atoms with E-state index in [9.17, 15) is 5.11 Å². The molecule has 0 aromatic heterocycles. The normalized spacial score (nSPS) is 15.1. The summed E-state index contributed by atoms with van der Waals surface area (Å²) < 4.78 is 6.22. The first-order valence-corrected chi connectivity index (χ1v) is 10.2. The minimum atomic E-state index is -0.990. The molecule has 0 fully saturated rings. The highest BCUT2D eigenvalue weighted by Gasteiger charge is 2.28. The number of halogens is 1. The number of aliphatic hydroxyl groups excluding tert-OH is 1. The quantitative estimate of drug-likeness (QED) is 0.474. The van der Waals surface area contributed by atoms with Gasteiger partial charge in [-0.3, -0.25) is 0 Å². The molecule has 144 valence electrons. The van der Waals surface area contributed by atoms with Crippen molar-refractivity contribution in [2.45, 2.75) is 103 Å². The third kappa shape index (κ3) is 5.89. The maximum absolute atomic E-state index is 9.91. The maximum Gasteiger partial charge on any atom is 0.164 e. The Balaban J connectivity index is 3.29. The summed E-state index contributed by atoms with van der Waals surface area (Å²) in [5.74, 6) is 0.850. The summed E-state index contributed by atoms with van der Waals surface area (Å²) in [7, 11) is 0. The first-order valence-electron chi connectivity index (χ1n) is 9.72. The van der Waals surface area contributed by atoms with Crippen molar-refractivity contribution in [2.24, 2.45) is 0 Å². The Morgan fingerprint density at radius 2 is 1.64 bits per heavy atom. The molecule has 2 atom stereocenters. The number of aliphatic hydroxyl groups is 1. The first kappa shape index (κ1) is 22.3. The van der Waals surface area contributed by atoms with Crippen molar-refractivity contribution in [3.63, 3.8) is 0 Å². The fraction of sp³-hybridized carbons (Fsp3) is 0.727. The summed E-state index contributed by atoms with van der Waals surface area (Å²) in [5, 5.41) is 9.91. The summed E-state index contributed by atoms with van der Waals surface area (Å²) in [5.41, 5.74) is 1.67. The Morgan fingerprint density at radius 3 is 2.12 bits per heavy atom. The van der Waals surface area contributed by atoms with E-state index in [4.69, 9.17) is 16.3 Å². The lowest BCUT2D eigenvalue weighted by molar-refractivity contribution is 0.0783. The standard InChI is InChI=1S/C22H37ClO2/c1-8-11-12-19(20(23)24)25-18-14-13-16(21(4,5)9-2)15-17(18)22(6,7)10-3/h13-15,19-20,24H,8-12H2,1-7H3. The van der Waals surface area contributed by atoms with Crippen molar-refractivity contribution >= 4 is 11.6 Å². The molecule has 1 aromatic carbocycles. The van der Waals surface area contributed by atoms with Crippen LogP contribution in [0.15, 0.2) is 18.2 Å². The summed E-state index contributed by atoms with van der Waals surface area (Å²) in [6, 6.07) is 6.52. The molecule has 0 aliphatic carbocycles. The van der Waals surface area contributed by atoms with E-state index in [2.05, 4.69) is 66.7 Å². The second kappa shape index (κ2) is 9.28. The van der Waals surface area contributed by atoms with Gasteiger partial charge < -0.3 is 9.84 Å². The SMILES string of the molecule is CCCCC(Oc1ccc(C(C)(C)CC)cc1C(C)(C)CC)C(O)Cl. The van der Waals surface area contributed by atoms with Gasteiger partial charge in [0.05, 0.1) is 0 Å². The van der Waals surface area contributed by atoms with Crippen LogP contribution < -0.4 is 4.74 Å². The van der Waals surface area contributed by atoms with Gasteiger partial charge in [0.1, 0.15) is 11.9 Å². The molecular formula is C22H37ClO2. The number of hydrogen-bond donors (Lipinski definition) is 1. The van der Waals surface area contributed by atoms with Crippen LogP contribution in [-0.4, -0.2) is 16.8 Å². The molecule has 1 rings (SSSR count). The second-order valence-corrected chi connectivity index (χ2v) is 8.80. The third-order valence-corrected chi connectivity index (χ3v) is 5.97. The van der Waals surface area contributed by atoms with Crippen LogP contribution in [0.4, 0.5) is 0 Å². The predicted octanol–water partition coefficient (Wildman–Crippen LogP) is 6.56. The maximum atomic E-state index is 9.91. The van der Waals surface area contributed by atoms with Gasteiger partial charge in [0.2, 0.25) is 0 Å². The van der Waals surface area contributed by atoms with Gasteiger partial charge in [-0.25, -0.2) is 0 Å². The molecule has 1 aromatic rings. The molecule has 1 N–H and O–H groups in total. The van der Waals surface area contributed by atoms with Crippen molar-refractivity contribution in [3.05, 3.63) is 29.3 Å². The van der Waals surface area contributed by atoms with E-state index >= 15 is 0 Å². The van der Waals surface area contributed by atoms with E-state index < -0.39 is 5.56 Å². The van der Waals surface area contributed by atoms with Crippen LogP contribution in [0.5, 0.6) is 5.75 Å². The van der Waals surface area contributed by atoms with Crippen LogP contribution in [0, 0.1) is 0 Å². The van der Waals surface area contributed by atoms with Gasteiger partial charge in [-0.2, -0.15) is 0 Å². The molecule has 0 saturated heterocycles. The van der Waals surface area contributed by atoms with Gasteiger partial charge in [0, 0.05) is 5.56 Å². The van der Waals surface area contributed by atoms with Crippen LogP contribution in [0.3, 0.4) is 0 Å². The lowest BCUT2D eigenvalue weighted by Gasteiger charge is -2.32. The number of rotatable bonds is 10. The lowest BCUT2D eigenvalue weighted by atomic mass is 9.76. The highest BCUT2D eigenvalue weighted by atomic mass is 35.5. The van der Waals surface area contributed by atoms with Crippen molar-refractivity contribution in [1.29, 1.82) is 0 Å². The Kier molecular flexibility index (Phi) is 8.28. The highest BCUT2D eigenvalue weighted by Crippen LogP contribution is 2.39. The third-order valence-electron chi connectivity index (χ3n) is 5.69. The second-order valence-electron chi connectivity index (χ2n) is 8.36. The smallest absolute Gasteiger partial charge is 0.164 e. The molecule has 0 heterocycles. The zero-order valence-electron chi connectivity index (χ0n) is 17.2. The minimum Gasteiger partial charge on any atom is -0.486 e. The molecule has 0 bridgehead atoms. The summed E-state index contributed by atoms with van der Waals surface area (Å²) >= 11 is 5.99. The number of benzene rings is 1. The Hall–Kier alpha value is -0.730. The van der Waals surface area contributed by atoms with E-state index in [1.54, 1.807) is 0 Å². The van der Waals surface area contributed by atoms with Crippen molar-refractivity contribution in [3.8, 4) is 5.75 Å². The number of ether oxygens (including phenoxy) is 1. The van der Waals surface area contributed by atoms with Crippen molar-refractivity contribution < 1.29 is 9.84 Å². The van der Waals surface area contributed by atoms with E-state index in [0.29, 0.717) is 0 Å². The van der Waals surface area contributed by atoms with E-state index in [1.807, 2.05) is 0 Å². The first-order chi connectivity index (χ1) is 11.6. The van der Waals surface area contributed by atoms with Gasteiger partial charge in [0.25, 0.3) is 0 Å². The number of unbranched alkanes of at least 4 members (excludes halogenated alkanes) is 1. The lowest BCUT2D eigenvalue weighted by Crippen LogP contribution is -2.29. The average Bonchev–Trinajstić information content (AvgIpc) is 2.58. The summed E-state index contributed by atoms with van der Waals surface area (Å²) in [6.45, 7) is 15.6. The molecule has 2 nitrogen and oxygen atoms in total. The van der Waals surface area contributed by atoms with Gasteiger partial charge in [-0.05, 0) is 48.1 Å². The molecule has 2 unspecified atom stereocenters. The van der Waals surface area contributed by atoms with Gasteiger partial charge >= 0.3 is 0 Å². The zero-order valence-corrected chi connectivity index (χ0v) is 17.9. The van der Waals surface area contributed by atoms with Crippen LogP contribution >= 0.6 is 11.6 Å². The Morgan fingerprint density at radius 1 is 1.04 bits per heavy atom. The van der Waals surface area contributed by atoms with E-state index in [1.165, 1.54) is 11.1 Å². The number of alkyl halides is 1. The monoisotopic (exact) mass is 368 g/mol. The predicted molar refractivity (Wildman–Crippen MR) is 109 cm³/mol.